The molecule has 9 N–H and O–H groups in total. The fraction of sp³-hybridized carbons (Fsp3) is 0.905. The summed E-state index contributed by atoms with van der Waals surface area (Å²) in [6.45, 7) is 8.65. The molecule has 99 heavy (non-hydrogen) atoms. The molecule has 25 heteroatoms. The van der Waals surface area contributed by atoms with E-state index in [1.165, 1.54) is 89.9 Å². The lowest BCUT2D eigenvalue weighted by molar-refractivity contribution is -0.147. The normalized spacial score (nSPS) is 14.8. The highest BCUT2D eigenvalue weighted by atomic mass is 31.2. The van der Waals surface area contributed by atoms with E-state index in [9.17, 15) is 58.2 Å². The summed E-state index contributed by atoms with van der Waals surface area (Å²) >= 11 is 0. The zero-order valence-corrected chi connectivity index (χ0v) is 64.4. The van der Waals surface area contributed by atoms with Gasteiger partial charge in [-0.25, -0.2) is 9.13 Å². The van der Waals surface area contributed by atoms with Crippen LogP contribution in [0.3, 0.4) is 0 Å². The lowest BCUT2D eigenvalue weighted by Gasteiger charge is -2.24. The minimum absolute atomic E-state index is 0.110. The first-order chi connectivity index (χ1) is 47.8. The Balaban J connectivity index is 5.31. The van der Waals surface area contributed by atoms with Crippen molar-refractivity contribution in [2.75, 3.05) is 65.9 Å². The Kier molecular flexibility index (Phi) is 66.5. The monoisotopic (exact) mass is 1450 g/mol. The third-order valence-electron chi connectivity index (χ3n) is 17.2. The molecular formula is C74H144N4O19P2. The summed E-state index contributed by atoms with van der Waals surface area (Å²) in [5, 5.41) is 42.5. The number of hydrogen-bond acceptors (Lipinski definition) is 17. The molecule has 0 saturated heterocycles. The number of rotatable bonds is 76. The zero-order chi connectivity index (χ0) is 73.1. The van der Waals surface area contributed by atoms with Gasteiger partial charge in [-0.05, 0) is 70.6 Å². The molecule has 0 aliphatic rings. The number of nitrogens with one attached hydrogen (secondary N) is 4. The fourth-order valence-corrected chi connectivity index (χ4v) is 12.7. The van der Waals surface area contributed by atoms with Crippen LogP contribution in [0.15, 0.2) is 12.2 Å². The van der Waals surface area contributed by atoms with Gasteiger partial charge < -0.3 is 60.6 Å². The van der Waals surface area contributed by atoms with E-state index in [4.69, 9.17) is 32.3 Å². The first-order valence-corrected chi connectivity index (χ1v) is 42.1. The molecule has 0 heterocycles. The minimum Gasteiger partial charge on any atom is -0.393 e. The quantitative estimate of drug-likeness (QED) is 0.00898. The van der Waals surface area contributed by atoms with Crippen LogP contribution in [0.4, 0.5) is 0 Å². The molecule has 0 aliphatic heterocycles. The van der Waals surface area contributed by atoms with Crippen LogP contribution in [0.25, 0.3) is 0 Å². The van der Waals surface area contributed by atoms with Gasteiger partial charge in [0.15, 0.2) is 6.29 Å². The Bertz CT molecular complexity index is 2070. The summed E-state index contributed by atoms with van der Waals surface area (Å²) < 4.78 is 64.6. The molecule has 0 bridgehead atoms. The van der Waals surface area contributed by atoms with Gasteiger partial charge in [-0.15, -0.1) is 0 Å². The number of ether oxygens (including phenoxy) is 3. The van der Waals surface area contributed by atoms with E-state index in [1.54, 1.807) is 0 Å². The number of aliphatic hydroxyl groups excluding tert-OH is 3. The summed E-state index contributed by atoms with van der Waals surface area (Å²) in [6.07, 6.45) is 42.2. The van der Waals surface area contributed by atoms with Crippen molar-refractivity contribution in [3.8, 4) is 0 Å². The highest BCUT2D eigenvalue weighted by Crippen LogP contribution is 2.44. The van der Waals surface area contributed by atoms with Gasteiger partial charge in [0.1, 0.15) is 5.78 Å². The molecule has 0 aromatic heterocycles. The van der Waals surface area contributed by atoms with Gasteiger partial charge in [0.25, 0.3) is 0 Å². The zero-order valence-electron chi connectivity index (χ0n) is 62.6. The molecule has 8 unspecified atom stereocenters. The standard InChI is InChI=1S/C74H144N4O19P2/c1-6-11-16-21-24-27-30-35-39-44-67(80)58-72(84)77-64(60-91-54-50-66(79)43-38-33-19-14-9-4)62-95-98(87,88)93-56-52-75-70(82)48-49-71(83)76-53-57-94-99(89,90)96-63-65(78-73(85)59-68(81)45-40-36-31-28-25-22-17-12-7-2)61-92-55-51-69(46-41-34-20-15-10-5)97-74(86)47-42-37-32-29-26-23-18-13-8-3/h29,32,64-66,68-69,74,79,81,86H,6-28,30-31,33-63H2,1-5H3,(H,75,82)(H,76,83)(H,77,84)(H,78,85)(H,87,88)(H,89,90)/b32-29-. The van der Waals surface area contributed by atoms with Crippen LogP contribution < -0.4 is 21.3 Å². The van der Waals surface area contributed by atoms with Crippen molar-refractivity contribution in [2.24, 2.45) is 0 Å². The summed E-state index contributed by atoms with van der Waals surface area (Å²) in [5.41, 5.74) is 0. The summed E-state index contributed by atoms with van der Waals surface area (Å²) in [7, 11) is -9.48. The van der Waals surface area contributed by atoms with Crippen molar-refractivity contribution in [1.82, 2.24) is 21.3 Å². The van der Waals surface area contributed by atoms with Crippen molar-refractivity contribution in [1.29, 1.82) is 0 Å². The van der Waals surface area contributed by atoms with Crippen molar-refractivity contribution >= 4 is 45.1 Å². The first kappa shape index (κ1) is 96.3. The Morgan fingerprint density at radius 2 is 0.778 bits per heavy atom. The van der Waals surface area contributed by atoms with Crippen molar-refractivity contribution in [2.45, 2.75) is 367 Å². The number of phosphoric acid groups is 2. The average Bonchev–Trinajstić information content (AvgIpc) is 0.990. The number of Topliss-reactive ketones (excluding diaryl/α,β-unsaturated/α-hetero) is 1. The molecule has 23 nitrogen and oxygen atoms in total. The van der Waals surface area contributed by atoms with E-state index >= 15 is 0 Å². The lowest BCUT2D eigenvalue weighted by atomic mass is 10.0. The minimum atomic E-state index is -4.75. The number of allylic oxidation sites excluding steroid dienone is 2. The molecule has 0 spiro atoms. The molecule has 0 aromatic rings. The largest absolute Gasteiger partial charge is 0.472 e. The molecule has 0 aromatic carbocycles. The van der Waals surface area contributed by atoms with Gasteiger partial charge >= 0.3 is 15.6 Å². The predicted octanol–water partition coefficient (Wildman–Crippen LogP) is 15.1. The predicted molar refractivity (Wildman–Crippen MR) is 393 cm³/mol. The molecular weight excluding hydrogens is 1310 g/mol. The third-order valence-corrected chi connectivity index (χ3v) is 19.1. The Morgan fingerprint density at radius 1 is 0.384 bits per heavy atom. The average molecular weight is 1460 g/mol. The van der Waals surface area contributed by atoms with Crippen LogP contribution >= 0.6 is 15.6 Å². The molecule has 8 atom stereocenters. The van der Waals surface area contributed by atoms with Crippen LogP contribution in [0.5, 0.6) is 0 Å². The van der Waals surface area contributed by atoms with Crippen molar-refractivity contribution in [3.63, 3.8) is 0 Å². The van der Waals surface area contributed by atoms with Crippen LogP contribution in [0, 0.1) is 0 Å². The van der Waals surface area contributed by atoms with E-state index in [-0.39, 0.29) is 83.5 Å². The number of hydrogen-bond donors (Lipinski definition) is 9. The molecule has 0 aliphatic carbocycles. The van der Waals surface area contributed by atoms with Gasteiger partial charge in [-0.2, -0.15) is 0 Å². The Labute approximate surface area is 599 Å². The molecule has 0 rings (SSSR count). The number of ketones is 1. The molecule has 0 saturated carbocycles. The maximum Gasteiger partial charge on any atom is 0.472 e. The molecule has 0 fully saturated rings. The van der Waals surface area contributed by atoms with Gasteiger partial charge in [0, 0.05) is 45.6 Å². The Hall–Kier alpha value is -2.73. The number of aliphatic hydroxyl groups is 3. The highest BCUT2D eigenvalue weighted by Gasteiger charge is 2.28. The smallest absolute Gasteiger partial charge is 0.393 e. The Morgan fingerprint density at radius 3 is 1.25 bits per heavy atom. The number of carbonyl (C=O) groups is 5. The maximum absolute atomic E-state index is 13.3. The third kappa shape index (κ3) is 66.9. The van der Waals surface area contributed by atoms with Crippen molar-refractivity contribution in [3.05, 3.63) is 12.2 Å². The van der Waals surface area contributed by atoms with Gasteiger partial charge in [-0.3, -0.25) is 42.1 Å². The van der Waals surface area contributed by atoms with Crippen LogP contribution in [-0.4, -0.2) is 157 Å². The highest BCUT2D eigenvalue weighted by molar-refractivity contribution is 7.47. The van der Waals surface area contributed by atoms with E-state index < -0.39 is 96.3 Å². The summed E-state index contributed by atoms with van der Waals surface area (Å²) in [5.74, 6) is -2.44. The number of unbranched alkanes of at least 4 members (excludes halogenated alkanes) is 29. The van der Waals surface area contributed by atoms with E-state index in [0.29, 0.717) is 38.5 Å². The molecule has 0 radical (unpaired) electrons. The fourth-order valence-electron chi connectivity index (χ4n) is 11.2. The lowest BCUT2D eigenvalue weighted by Crippen LogP contribution is -2.42. The van der Waals surface area contributed by atoms with E-state index in [2.05, 4.69) is 68.0 Å². The maximum atomic E-state index is 13.3. The first-order valence-electron chi connectivity index (χ1n) is 39.2. The van der Waals surface area contributed by atoms with Crippen LogP contribution in [0.1, 0.15) is 330 Å². The number of amides is 4. The number of phosphoric ester groups is 2. The second-order valence-corrected chi connectivity index (χ2v) is 29.9. The van der Waals surface area contributed by atoms with Crippen LogP contribution in [-0.2, 0) is 65.4 Å². The second-order valence-electron chi connectivity index (χ2n) is 26.9. The van der Waals surface area contributed by atoms with Gasteiger partial charge in [-0.1, -0.05) is 239 Å². The summed E-state index contributed by atoms with van der Waals surface area (Å²) in [6, 6.07) is -1.86. The van der Waals surface area contributed by atoms with Gasteiger partial charge in [0.2, 0.25) is 23.6 Å². The molecule has 4 amide bonds. The second kappa shape index (κ2) is 68.4. The van der Waals surface area contributed by atoms with E-state index in [1.807, 2.05) is 0 Å². The van der Waals surface area contributed by atoms with Crippen molar-refractivity contribution < 1.29 is 90.5 Å². The number of carbonyl (C=O) groups excluding carboxylic acids is 5. The van der Waals surface area contributed by atoms with E-state index in [0.717, 1.165) is 135 Å². The van der Waals surface area contributed by atoms with Gasteiger partial charge in [0.05, 0.1) is 82.9 Å². The topological polar surface area (TPSA) is 333 Å². The SMILES string of the molecule is CCCCCC/C=C\CCCC(O)OC(CCCCCCC)CCOCC(COP(=O)(O)OCCNC(=O)CCC(=O)NCCOP(=O)(O)OCC(COCCC(O)CCCCCCC)NC(=O)CC(=O)CCCCCCCCCCC)NC(=O)CC(O)CCCCCCCCCCC. The van der Waals surface area contributed by atoms with Crippen LogP contribution in [0.2, 0.25) is 0 Å². The molecule has 584 valence electrons. The summed E-state index contributed by atoms with van der Waals surface area (Å²) in [4.78, 5) is 85.3.